The maximum Gasteiger partial charge on any atom is 0.267 e. The Balaban J connectivity index is 2.20. The first kappa shape index (κ1) is 16.4. The molecule has 0 radical (unpaired) electrons. The van der Waals surface area contributed by atoms with E-state index < -0.39 is 0 Å². The lowest BCUT2D eigenvalue weighted by molar-refractivity contribution is -0.121. The summed E-state index contributed by atoms with van der Waals surface area (Å²) in [5, 5.41) is 3.05. The number of nitrogens with zero attached hydrogens (tertiary/aromatic N) is 3. The molecule has 1 amide bonds. The third-order valence-corrected chi connectivity index (χ3v) is 4.93. The lowest BCUT2D eigenvalue weighted by Crippen LogP contribution is -2.23. The number of anilines is 1. The van der Waals surface area contributed by atoms with Crippen molar-refractivity contribution >= 4 is 51.7 Å². The van der Waals surface area contributed by atoms with Gasteiger partial charge in [-0.25, -0.2) is 4.98 Å². The first-order chi connectivity index (χ1) is 11.5. The maximum atomic E-state index is 12.8. The molecule has 0 aliphatic carbocycles. The zero-order valence-corrected chi connectivity index (χ0v) is 14.5. The number of likely N-dealkylation sites (N-methyl/N-ethyl adjacent to an activating group) is 1. The number of fused-ring (bicyclic) bond motifs is 1. The Kier molecular flexibility index (Phi) is 4.50. The molecule has 1 fully saturated rings. The van der Waals surface area contributed by atoms with E-state index in [2.05, 4.69) is 16.9 Å². The summed E-state index contributed by atoms with van der Waals surface area (Å²) in [5.74, 6) is 0.185. The fourth-order valence-corrected chi connectivity index (χ4v) is 3.37. The molecule has 122 valence electrons. The van der Waals surface area contributed by atoms with Gasteiger partial charge in [0.1, 0.15) is 15.8 Å². The predicted molar refractivity (Wildman–Crippen MR) is 101 cm³/mol. The van der Waals surface area contributed by atoms with E-state index in [-0.39, 0.29) is 11.5 Å². The molecule has 0 unspecified atom stereocenters. The van der Waals surface area contributed by atoms with Crippen LogP contribution < -0.4 is 10.9 Å². The summed E-state index contributed by atoms with van der Waals surface area (Å²) in [6.07, 6.45) is 4.86. The van der Waals surface area contributed by atoms with Gasteiger partial charge in [0.25, 0.3) is 11.5 Å². The Morgan fingerprint density at radius 3 is 2.88 bits per heavy atom. The minimum Gasteiger partial charge on any atom is -0.366 e. The van der Waals surface area contributed by atoms with Crippen molar-refractivity contribution in [2.24, 2.45) is 0 Å². The van der Waals surface area contributed by atoms with Crippen LogP contribution in [0.5, 0.6) is 0 Å². The van der Waals surface area contributed by atoms with E-state index >= 15 is 0 Å². The minimum atomic E-state index is -0.256. The Morgan fingerprint density at radius 1 is 1.42 bits per heavy atom. The molecular weight excluding hydrogens is 344 g/mol. The van der Waals surface area contributed by atoms with Crippen LogP contribution in [-0.2, 0) is 4.79 Å². The smallest absolute Gasteiger partial charge is 0.267 e. The molecule has 2 aromatic rings. The predicted octanol–water partition coefficient (Wildman–Crippen LogP) is 2.12. The molecule has 1 aliphatic heterocycles. The van der Waals surface area contributed by atoms with Gasteiger partial charge in [-0.3, -0.25) is 18.9 Å². The Labute approximate surface area is 147 Å². The second-order valence-electron chi connectivity index (χ2n) is 5.02. The first-order valence-corrected chi connectivity index (χ1v) is 8.33. The molecule has 24 heavy (non-hydrogen) atoms. The van der Waals surface area contributed by atoms with E-state index in [0.29, 0.717) is 32.8 Å². The highest BCUT2D eigenvalue weighted by molar-refractivity contribution is 8.26. The van der Waals surface area contributed by atoms with Crippen molar-refractivity contribution in [1.29, 1.82) is 0 Å². The number of carbonyl (C=O) groups excluding carboxylic acids is 1. The number of thioether (sulfide) groups is 1. The molecule has 3 heterocycles. The molecule has 0 saturated carbocycles. The van der Waals surface area contributed by atoms with Gasteiger partial charge in [-0.05, 0) is 18.2 Å². The molecule has 1 N–H and O–H groups in total. The van der Waals surface area contributed by atoms with Crippen LogP contribution in [-0.4, -0.2) is 38.1 Å². The number of rotatable bonds is 4. The van der Waals surface area contributed by atoms with E-state index in [4.69, 9.17) is 12.2 Å². The number of hydrogen-bond donors (Lipinski definition) is 1. The molecule has 0 atom stereocenters. The molecule has 2 aromatic heterocycles. The van der Waals surface area contributed by atoms with Gasteiger partial charge < -0.3 is 5.32 Å². The number of pyridine rings is 1. The summed E-state index contributed by atoms with van der Waals surface area (Å²) in [6.45, 7) is 4.10. The molecular formula is C16H14N4O2S2. The van der Waals surface area contributed by atoms with E-state index in [0.717, 1.165) is 0 Å². The van der Waals surface area contributed by atoms with Gasteiger partial charge >= 0.3 is 0 Å². The van der Waals surface area contributed by atoms with Crippen LogP contribution in [0.1, 0.15) is 5.56 Å². The van der Waals surface area contributed by atoms with Crippen LogP contribution in [0.3, 0.4) is 0 Å². The van der Waals surface area contributed by atoms with Crippen LogP contribution in [0.25, 0.3) is 11.7 Å². The fourth-order valence-electron chi connectivity index (χ4n) is 2.21. The van der Waals surface area contributed by atoms with Crippen molar-refractivity contribution < 1.29 is 4.79 Å². The number of aromatic nitrogens is 2. The first-order valence-electron chi connectivity index (χ1n) is 7.10. The Morgan fingerprint density at radius 2 is 2.21 bits per heavy atom. The normalized spacial score (nSPS) is 16.2. The van der Waals surface area contributed by atoms with E-state index in [1.807, 2.05) is 0 Å². The van der Waals surface area contributed by atoms with Crippen molar-refractivity contribution in [3.05, 3.63) is 57.9 Å². The van der Waals surface area contributed by atoms with Crippen LogP contribution in [0.2, 0.25) is 0 Å². The van der Waals surface area contributed by atoms with Crippen molar-refractivity contribution in [1.82, 2.24) is 14.3 Å². The minimum absolute atomic E-state index is 0.225. The number of hydrogen-bond acceptors (Lipinski definition) is 6. The molecule has 8 heteroatoms. The van der Waals surface area contributed by atoms with Gasteiger partial charge in [0, 0.05) is 19.8 Å². The quantitative estimate of drug-likeness (QED) is 0.513. The van der Waals surface area contributed by atoms with Gasteiger partial charge in [0.05, 0.1) is 10.5 Å². The lowest BCUT2D eigenvalue weighted by atomic mass is 10.2. The van der Waals surface area contributed by atoms with Gasteiger partial charge in [0.15, 0.2) is 0 Å². The molecule has 0 bridgehead atoms. The van der Waals surface area contributed by atoms with E-state index in [1.165, 1.54) is 21.1 Å². The van der Waals surface area contributed by atoms with Crippen LogP contribution in [0.4, 0.5) is 5.82 Å². The van der Waals surface area contributed by atoms with Gasteiger partial charge in [-0.2, -0.15) is 0 Å². The van der Waals surface area contributed by atoms with Gasteiger partial charge in [0.2, 0.25) is 0 Å². The largest absolute Gasteiger partial charge is 0.366 e. The number of carbonyl (C=O) groups is 1. The summed E-state index contributed by atoms with van der Waals surface area (Å²) in [7, 11) is 1.61. The molecule has 0 aromatic carbocycles. The van der Waals surface area contributed by atoms with Crippen LogP contribution >= 0.6 is 24.0 Å². The summed E-state index contributed by atoms with van der Waals surface area (Å²) < 4.78 is 1.90. The second-order valence-corrected chi connectivity index (χ2v) is 6.69. The Bertz CT molecular complexity index is 949. The fraction of sp³-hybridized carbons (Fsp3) is 0.125. The number of nitrogens with one attached hydrogen (secondary N) is 1. The van der Waals surface area contributed by atoms with E-state index in [1.54, 1.807) is 43.6 Å². The summed E-state index contributed by atoms with van der Waals surface area (Å²) in [6, 6.07) is 5.30. The lowest BCUT2D eigenvalue weighted by Gasteiger charge is -2.09. The van der Waals surface area contributed by atoms with Crippen molar-refractivity contribution in [3.63, 3.8) is 0 Å². The highest BCUT2D eigenvalue weighted by Gasteiger charge is 2.29. The highest BCUT2D eigenvalue weighted by Crippen LogP contribution is 2.31. The zero-order chi connectivity index (χ0) is 17.3. The summed E-state index contributed by atoms with van der Waals surface area (Å²) in [5.41, 5.74) is 0.581. The van der Waals surface area contributed by atoms with Crippen LogP contribution in [0, 0.1) is 0 Å². The van der Waals surface area contributed by atoms with E-state index in [9.17, 15) is 9.59 Å². The van der Waals surface area contributed by atoms with Gasteiger partial charge in [-0.15, -0.1) is 6.58 Å². The average molecular weight is 358 g/mol. The third kappa shape index (κ3) is 2.85. The SMILES string of the molecule is C=CCNc1nc2ccccn2c(=O)c1/C=C1/SC(=S)N(C)C1=O. The molecule has 1 saturated heterocycles. The summed E-state index contributed by atoms with van der Waals surface area (Å²) in [4.78, 5) is 31.3. The van der Waals surface area contributed by atoms with Crippen LogP contribution in [0.15, 0.2) is 46.8 Å². The van der Waals surface area contributed by atoms with Crippen molar-refractivity contribution in [2.45, 2.75) is 0 Å². The maximum absolute atomic E-state index is 12.8. The molecule has 3 rings (SSSR count). The van der Waals surface area contributed by atoms with Crippen molar-refractivity contribution in [3.8, 4) is 0 Å². The highest BCUT2D eigenvalue weighted by atomic mass is 32.2. The summed E-state index contributed by atoms with van der Waals surface area (Å²) >= 11 is 6.29. The standard InChI is InChI=1S/C16H14N4O2S2/c1-3-7-17-13-10(9-11-15(22)19(2)16(23)24-11)14(21)20-8-5-4-6-12(20)18-13/h3-6,8-9,17H,1,7H2,2H3/b11-9+. The molecule has 0 spiro atoms. The van der Waals surface area contributed by atoms with Crippen molar-refractivity contribution in [2.75, 3.05) is 18.9 Å². The monoisotopic (exact) mass is 358 g/mol. The molecule has 6 nitrogen and oxygen atoms in total. The van der Waals surface area contributed by atoms with Gasteiger partial charge in [-0.1, -0.05) is 36.1 Å². The average Bonchev–Trinajstić information content (AvgIpc) is 2.83. The topological polar surface area (TPSA) is 66.7 Å². The number of amides is 1. The Hall–Kier alpha value is -2.45. The zero-order valence-electron chi connectivity index (χ0n) is 12.9. The second kappa shape index (κ2) is 6.58. The molecule has 1 aliphatic rings. The number of thiocarbonyl (C=S) groups is 1. The third-order valence-electron chi connectivity index (χ3n) is 3.44.